The molecule has 0 spiro atoms. The maximum atomic E-state index is 12.5. The Labute approximate surface area is 142 Å². The Balaban J connectivity index is 1.29. The van der Waals surface area contributed by atoms with Gasteiger partial charge in [0, 0.05) is 25.0 Å². The number of benzene rings is 1. The van der Waals surface area contributed by atoms with E-state index in [1.54, 1.807) is 4.90 Å². The van der Waals surface area contributed by atoms with Gasteiger partial charge < -0.3 is 10.2 Å². The molecular formula is C17H23N3O3S. The smallest absolute Gasteiger partial charge is 0.317 e. The van der Waals surface area contributed by atoms with Crippen LogP contribution in [0.4, 0.5) is 4.79 Å². The summed E-state index contributed by atoms with van der Waals surface area (Å²) in [5.74, 6) is 1.11. The van der Waals surface area contributed by atoms with Gasteiger partial charge in [0.25, 0.3) is 0 Å². The normalized spacial score (nSPS) is 29.0. The number of nitrogens with two attached hydrogens (primary N) is 1. The molecule has 2 fully saturated rings. The van der Waals surface area contributed by atoms with Crippen LogP contribution in [0.5, 0.6) is 0 Å². The maximum absolute atomic E-state index is 12.5. The van der Waals surface area contributed by atoms with E-state index in [0.29, 0.717) is 37.8 Å². The van der Waals surface area contributed by atoms with E-state index < -0.39 is 10.0 Å². The van der Waals surface area contributed by atoms with Gasteiger partial charge in [-0.1, -0.05) is 24.3 Å². The van der Waals surface area contributed by atoms with E-state index in [-0.39, 0.29) is 23.7 Å². The summed E-state index contributed by atoms with van der Waals surface area (Å²) in [7, 11) is -3.43. The minimum absolute atomic E-state index is 0.0130. The van der Waals surface area contributed by atoms with Crippen molar-refractivity contribution >= 4 is 16.1 Å². The van der Waals surface area contributed by atoms with Crippen LogP contribution in [-0.2, 0) is 16.4 Å². The third-order valence-corrected chi connectivity index (χ3v) is 6.63. The highest BCUT2D eigenvalue weighted by Crippen LogP contribution is 2.56. The summed E-state index contributed by atoms with van der Waals surface area (Å²) in [6, 6.07) is 8.73. The number of hydrogen-bond acceptors (Lipinski definition) is 3. The van der Waals surface area contributed by atoms with Crippen molar-refractivity contribution in [3.8, 4) is 0 Å². The first-order chi connectivity index (χ1) is 11.4. The lowest BCUT2D eigenvalue weighted by atomic mass is 9.99. The van der Waals surface area contributed by atoms with E-state index in [1.807, 2.05) is 0 Å². The van der Waals surface area contributed by atoms with Crippen molar-refractivity contribution in [1.29, 1.82) is 0 Å². The molecule has 130 valence electrons. The zero-order valence-electron chi connectivity index (χ0n) is 13.5. The van der Waals surface area contributed by atoms with Gasteiger partial charge in [0.15, 0.2) is 0 Å². The number of nitrogens with one attached hydrogen (secondary N) is 1. The zero-order chi connectivity index (χ0) is 16.9. The molecule has 3 aliphatic rings. The quantitative estimate of drug-likeness (QED) is 0.854. The van der Waals surface area contributed by atoms with Crippen molar-refractivity contribution in [2.45, 2.75) is 31.2 Å². The molecule has 4 rings (SSSR count). The molecule has 2 amide bonds. The van der Waals surface area contributed by atoms with E-state index in [1.165, 1.54) is 11.1 Å². The number of urea groups is 1. The summed E-state index contributed by atoms with van der Waals surface area (Å²) < 4.78 is 22.3. The van der Waals surface area contributed by atoms with Crippen LogP contribution in [0.2, 0.25) is 0 Å². The molecule has 1 aliphatic heterocycles. The van der Waals surface area contributed by atoms with Crippen LogP contribution in [0.1, 0.15) is 29.9 Å². The van der Waals surface area contributed by atoms with Gasteiger partial charge in [-0.15, -0.1) is 0 Å². The number of fused-ring (bicyclic) bond motifs is 3. The van der Waals surface area contributed by atoms with Gasteiger partial charge in [-0.2, -0.15) is 0 Å². The first-order valence-corrected chi connectivity index (χ1v) is 10.3. The van der Waals surface area contributed by atoms with Gasteiger partial charge in [-0.05, 0) is 42.2 Å². The Bertz CT molecular complexity index is 756. The lowest BCUT2D eigenvalue weighted by Gasteiger charge is -2.31. The van der Waals surface area contributed by atoms with Crippen molar-refractivity contribution in [2.24, 2.45) is 17.0 Å². The molecule has 1 saturated carbocycles. The molecule has 1 saturated heterocycles. The standard InChI is InChI=1S/C17H23N3O3S/c18-24(22,23)10-11-5-7-20(8-6-11)17(21)19-16-14-9-12-3-1-2-4-13(12)15(14)16/h1-4,11,14-16H,5-10H2,(H,19,21)(H2,18,22,23)/t14-,15+,16+/m0/s1. The van der Waals surface area contributed by atoms with E-state index in [2.05, 4.69) is 29.6 Å². The highest BCUT2D eigenvalue weighted by molar-refractivity contribution is 7.89. The number of carbonyl (C=O) groups is 1. The van der Waals surface area contributed by atoms with Crippen LogP contribution < -0.4 is 10.5 Å². The topological polar surface area (TPSA) is 92.5 Å². The molecule has 1 aromatic carbocycles. The summed E-state index contributed by atoms with van der Waals surface area (Å²) in [6.45, 7) is 1.20. The third-order valence-electron chi connectivity index (χ3n) is 5.70. The summed E-state index contributed by atoms with van der Waals surface area (Å²) >= 11 is 0. The van der Waals surface area contributed by atoms with Crippen molar-refractivity contribution in [3.05, 3.63) is 35.4 Å². The molecule has 1 aromatic rings. The summed E-state index contributed by atoms with van der Waals surface area (Å²) in [6.07, 6.45) is 2.45. The van der Waals surface area contributed by atoms with Crippen LogP contribution in [-0.4, -0.2) is 44.2 Å². The SMILES string of the molecule is NS(=O)(=O)CC1CCN(C(=O)N[C@@H]2[C@H]3Cc4ccccc4[C@H]32)CC1. The predicted molar refractivity (Wildman–Crippen MR) is 91.0 cm³/mol. The minimum atomic E-state index is -3.43. The number of rotatable bonds is 3. The number of piperidine rings is 1. The van der Waals surface area contributed by atoms with Crippen molar-refractivity contribution in [3.63, 3.8) is 0 Å². The maximum Gasteiger partial charge on any atom is 0.317 e. The highest BCUT2D eigenvalue weighted by atomic mass is 32.2. The molecular weight excluding hydrogens is 326 g/mol. The first kappa shape index (κ1) is 15.9. The molecule has 1 heterocycles. The first-order valence-electron chi connectivity index (χ1n) is 8.56. The molecule has 3 N–H and O–H groups in total. The van der Waals surface area contributed by atoms with E-state index in [9.17, 15) is 13.2 Å². The number of hydrogen-bond donors (Lipinski definition) is 2. The Kier molecular flexibility index (Phi) is 3.80. The van der Waals surface area contributed by atoms with Gasteiger partial charge in [0.2, 0.25) is 10.0 Å². The fraction of sp³-hybridized carbons (Fsp3) is 0.588. The molecule has 0 bridgehead atoms. The summed E-state index contributed by atoms with van der Waals surface area (Å²) in [5.41, 5.74) is 2.81. The van der Waals surface area contributed by atoms with Gasteiger partial charge in [-0.25, -0.2) is 18.4 Å². The zero-order valence-corrected chi connectivity index (χ0v) is 14.3. The Morgan fingerprint density at radius 1 is 1.25 bits per heavy atom. The average Bonchev–Trinajstić information content (AvgIpc) is 3.03. The molecule has 0 unspecified atom stereocenters. The van der Waals surface area contributed by atoms with Crippen molar-refractivity contribution in [1.82, 2.24) is 10.2 Å². The predicted octanol–water partition coefficient (Wildman–Crippen LogP) is 1.03. The molecule has 3 atom stereocenters. The Hall–Kier alpha value is -1.60. The highest BCUT2D eigenvalue weighted by Gasteiger charge is 2.56. The third kappa shape index (κ3) is 3.02. The number of likely N-dealkylation sites (tertiary alicyclic amines) is 1. The summed E-state index contributed by atoms with van der Waals surface area (Å²) in [5, 5.41) is 8.28. The second-order valence-electron chi connectivity index (χ2n) is 7.33. The van der Waals surface area contributed by atoms with Gasteiger partial charge in [-0.3, -0.25) is 0 Å². The molecule has 24 heavy (non-hydrogen) atoms. The fourth-order valence-corrected chi connectivity index (χ4v) is 5.40. The fourth-order valence-electron chi connectivity index (χ4n) is 4.41. The van der Waals surface area contributed by atoms with Crippen molar-refractivity contribution in [2.75, 3.05) is 18.8 Å². The lowest BCUT2D eigenvalue weighted by molar-refractivity contribution is 0.173. The second kappa shape index (κ2) is 5.74. The molecule has 2 aliphatic carbocycles. The van der Waals surface area contributed by atoms with Crippen LogP contribution in [0.15, 0.2) is 24.3 Å². The van der Waals surface area contributed by atoms with Crippen LogP contribution >= 0.6 is 0 Å². The largest absolute Gasteiger partial charge is 0.334 e. The monoisotopic (exact) mass is 349 g/mol. The second-order valence-corrected chi connectivity index (χ2v) is 8.99. The van der Waals surface area contributed by atoms with E-state index in [4.69, 9.17) is 5.14 Å². The van der Waals surface area contributed by atoms with Crippen molar-refractivity contribution < 1.29 is 13.2 Å². The number of sulfonamides is 1. The van der Waals surface area contributed by atoms with Crippen LogP contribution in [0.3, 0.4) is 0 Å². The van der Waals surface area contributed by atoms with Crippen LogP contribution in [0.25, 0.3) is 0 Å². The number of amides is 2. The Morgan fingerprint density at radius 3 is 2.67 bits per heavy atom. The van der Waals surface area contributed by atoms with Gasteiger partial charge in [0.05, 0.1) is 5.75 Å². The van der Waals surface area contributed by atoms with Gasteiger partial charge in [0.1, 0.15) is 0 Å². The average molecular weight is 349 g/mol. The van der Waals surface area contributed by atoms with Crippen LogP contribution in [0, 0.1) is 11.8 Å². The number of primary sulfonamides is 1. The lowest BCUT2D eigenvalue weighted by Crippen LogP contribution is -2.46. The molecule has 0 radical (unpaired) electrons. The number of nitrogens with zero attached hydrogens (tertiary/aromatic N) is 1. The number of carbonyl (C=O) groups excluding carboxylic acids is 1. The molecule has 0 aromatic heterocycles. The van der Waals surface area contributed by atoms with E-state index in [0.717, 1.165) is 6.42 Å². The molecule has 7 heteroatoms. The molecule has 6 nitrogen and oxygen atoms in total. The van der Waals surface area contributed by atoms with E-state index >= 15 is 0 Å². The summed E-state index contributed by atoms with van der Waals surface area (Å²) in [4.78, 5) is 14.3. The van der Waals surface area contributed by atoms with Gasteiger partial charge >= 0.3 is 6.03 Å². The minimum Gasteiger partial charge on any atom is -0.334 e. The Morgan fingerprint density at radius 2 is 1.96 bits per heavy atom.